The first-order valence-electron chi connectivity index (χ1n) is 16.5. The van der Waals surface area contributed by atoms with Crippen LogP contribution in [-0.2, 0) is 0 Å². The van der Waals surface area contributed by atoms with E-state index in [0.29, 0.717) is 17.1 Å². The Bertz CT molecular complexity index is 2600. The number of ketones is 1. The first-order chi connectivity index (χ1) is 25.8. The van der Waals surface area contributed by atoms with Crippen LogP contribution in [0.4, 0.5) is 0 Å². The topological polar surface area (TPSA) is 182 Å². The number of carbonyl (C=O) groups is 1. The number of aromatic nitrogens is 8. The maximum Gasteiger partial charge on any atom is 0.178 e. The van der Waals surface area contributed by atoms with Gasteiger partial charge >= 0.3 is 0 Å². The maximum atomic E-state index is 11.6. The Morgan fingerprint density at radius 3 is 1.46 bits per heavy atom. The Hall–Kier alpha value is -6.67. The number of oxime groups is 1. The number of pyridine rings is 6. The summed E-state index contributed by atoms with van der Waals surface area (Å²) < 4.78 is 4.01. The lowest BCUT2D eigenvalue weighted by Gasteiger charge is -2.07. The number of rotatable bonds is 6. The van der Waals surface area contributed by atoms with Crippen molar-refractivity contribution in [3.05, 3.63) is 145 Å². The highest BCUT2D eigenvalue weighted by Crippen LogP contribution is 2.25. The van der Waals surface area contributed by atoms with Crippen molar-refractivity contribution in [2.24, 2.45) is 11.1 Å². The summed E-state index contributed by atoms with van der Waals surface area (Å²) in [4.78, 5) is 38.8. The number of nitrogens with zero attached hydrogens (tertiary/aromatic N) is 9. The fraction of sp³-hybridized carbons (Fsp3) is 0.100. The predicted octanol–water partition coefficient (Wildman–Crippen LogP) is 7.69. The largest absolute Gasteiger partial charge is 0.411 e. The molecule has 0 unspecified atom stereocenters. The number of hydrogen-bond donors (Lipinski definition) is 3. The van der Waals surface area contributed by atoms with E-state index >= 15 is 0 Å². The van der Waals surface area contributed by atoms with Gasteiger partial charge in [-0.1, -0.05) is 29.4 Å². The second-order valence-electron chi connectivity index (χ2n) is 12.0. The molecule has 0 radical (unpaired) electrons. The van der Waals surface area contributed by atoms with Gasteiger partial charge in [-0.05, 0) is 93.6 Å². The van der Waals surface area contributed by atoms with Crippen molar-refractivity contribution in [3.8, 4) is 45.6 Å². The molecule has 54 heavy (non-hydrogen) atoms. The number of hydrogen-bond acceptors (Lipinski definition) is 11. The van der Waals surface area contributed by atoms with Gasteiger partial charge in [-0.2, -0.15) is 0 Å². The number of aryl methyl sites for hydroxylation is 2. The molecule has 0 aliphatic rings. The van der Waals surface area contributed by atoms with E-state index in [1.807, 2.05) is 138 Å². The van der Waals surface area contributed by atoms with E-state index in [0.717, 1.165) is 68.0 Å². The molecule has 4 N–H and O–H groups in total. The van der Waals surface area contributed by atoms with Crippen molar-refractivity contribution in [1.82, 2.24) is 38.7 Å². The summed E-state index contributed by atoms with van der Waals surface area (Å²) in [6, 6.07) is 30.9. The fourth-order valence-electron chi connectivity index (χ4n) is 5.64. The average Bonchev–Trinajstić information content (AvgIpc) is 3.83. The molecular weight excluding hydrogens is 704 g/mol. The molecule has 0 aliphatic carbocycles. The van der Waals surface area contributed by atoms with Crippen LogP contribution in [0, 0.1) is 13.8 Å². The van der Waals surface area contributed by atoms with Gasteiger partial charge in [0.1, 0.15) is 22.8 Å². The van der Waals surface area contributed by atoms with Gasteiger partial charge in [-0.3, -0.25) is 13.6 Å². The van der Waals surface area contributed by atoms with Crippen LogP contribution in [0.3, 0.4) is 0 Å². The third-order valence-corrected chi connectivity index (χ3v) is 8.26. The van der Waals surface area contributed by atoms with Gasteiger partial charge in [-0.25, -0.2) is 35.8 Å². The molecule has 0 saturated heterocycles. The molecule has 8 aromatic rings. The van der Waals surface area contributed by atoms with Gasteiger partial charge in [-0.15, -0.1) is 12.4 Å². The number of fused-ring (bicyclic) bond motifs is 2. The van der Waals surface area contributed by atoms with Crippen LogP contribution < -0.4 is 5.90 Å². The molecule has 8 rings (SSSR count). The average molecular weight is 741 g/mol. The Labute approximate surface area is 317 Å². The molecule has 0 aromatic carbocycles. The number of nitrogens with two attached hydrogens (primary N) is 1. The molecule has 0 bridgehead atoms. The smallest absolute Gasteiger partial charge is 0.178 e. The van der Waals surface area contributed by atoms with Crippen molar-refractivity contribution >= 4 is 34.9 Å². The van der Waals surface area contributed by atoms with Crippen molar-refractivity contribution in [2.45, 2.75) is 27.7 Å². The van der Waals surface area contributed by atoms with E-state index in [1.165, 1.54) is 6.92 Å². The van der Waals surface area contributed by atoms with Crippen LogP contribution in [0.15, 0.2) is 127 Å². The Kier molecular flexibility index (Phi) is 12.3. The molecule has 14 heteroatoms. The molecule has 0 amide bonds. The summed E-state index contributed by atoms with van der Waals surface area (Å²) in [5, 5.41) is 18.7. The zero-order valence-electron chi connectivity index (χ0n) is 29.9. The van der Waals surface area contributed by atoms with Crippen LogP contribution in [0.25, 0.3) is 56.6 Å². The summed E-state index contributed by atoms with van der Waals surface area (Å²) >= 11 is 0. The minimum Gasteiger partial charge on any atom is -0.411 e. The molecular formula is C40H37ClN10O3. The summed E-state index contributed by atoms with van der Waals surface area (Å²) in [5.41, 5.74) is 10.5. The van der Waals surface area contributed by atoms with Crippen LogP contribution >= 0.6 is 12.4 Å². The molecule has 0 fully saturated rings. The van der Waals surface area contributed by atoms with Crippen LogP contribution in [0.5, 0.6) is 0 Å². The minimum atomic E-state index is -0.0461. The van der Waals surface area contributed by atoms with E-state index in [4.69, 9.17) is 10.4 Å². The third-order valence-electron chi connectivity index (χ3n) is 8.26. The highest BCUT2D eigenvalue weighted by atomic mass is 35.5. The monoisotopic (exact) mass is 740 g/mol. The van der Waals surface area contributed by atoms with E-state index in [1.54, 1.807) is 13.0 Å². The molecule has 0 spiro atoms. The number of imidazole rings is 2. The second kappa shape index (κ2) is 17.2. The van der Waals surface area contributed by atoms with Crippen molar-refractivity contribution in [3.63, 3.8) is 0 Å². The van der Waals surface area contributed by atoms with Crippen molar-refractivity contribution in [1.29, 1.82) is 0 Å². The summed E-state index contributed by atoms with van der Waals surface area (Å²) in [6.07, 6.45) is 7.63. The number of Topliss-reactive ketones (excluding diaryl/α,β-unsaturated/α-hetero) is 1. The van der Waals surface area contributed by atoms with Gasteiger partial charge in [0.2, 0.25) is 0 Å². The number of carbonyl (C=O) groups excluding carboxylic acids is 1. The summed E-state index contributed by atoms with van der Waals surface area (Å²) in [7, 11) is 0. The second-order valence-corrected chi connectivity index (χ2v) is 12.0. The first-order valence-corrected chi connectivity index (χ1v) is 16.5. The highest BCUT2D eigenvalue weighted by Gasteiger charge is 2.12. The van der Waals surface area contributed by atoms with Crippen LogP contribution in [0.1, 0.15) is 41.4 Å². The van der Waals surface area contributed by atoms with E-state index in [-0.39, 0.29) is 18.2 Å². The van der Waals surface area contributed by atoms with Gasteiger partial charge in [0.05, 0.1) is 40.5 Å². The van der Waals surface area contributed by atoms with E-state index in [2.05, 4.69) is 41.0 Å². The van der Waals surface area contributed by atoms with Crippen LogP contribution in [-0.4, -0.2) is 60.6 Å². The lowest BCUT2D eigenvalue weighted by atomic mass is 10.1. The molecule has 272 valence electrons. The van der Waals surface area contributed by atoms with E-state index in [9.17, 15) is 4.79 Å². The van der Waals surface area contributed by atoms with Gasteiger partial charge < -0.3 is 10.4 Å². The molecule has 0 saturated carbocycles. The third kappa shape index (κ3) is 8.34. The lowest BCUT2D eigenvalue weighted by Crippen LogP contribution is -2.00. The maximum absolute atomic E-state index is 11.6. The Morgan fingerprint density at radius 2 is 1.02 bits per heavy atom. The first kappa shape index (κ1) is 38.6. The summed E-state index contributed by atoms with van der Waals surface area (Å²) in [6.45, 7) is 7.16. The minimum absolute atomic E-state index is 0. The highest BCUT2D eigenvalue weighted by molar-refractivity contribution is 5.97. The molecule has 8 heterocycles. The Morgan fingerprint density at radius 1 is 0.593 bits per heavy atom. The SMILES string of the molecule is C/C(=N\O)c1cccc(-c2ccc3cnc(-c4cccc(C)n4)n3c2)n1.CC(=O)c1cccc(-c2ccc3cnc(-c4cccc(C)n4)n3c2)n1.Cl.NO. The van der Waals surface area contributed by atoms with Gasteiger partial charge in [0, 0.05) is 41.8 Å². The quantitative estimate of drug-likeness (QED) is 0.0661. The molecule has 13 nitrogen and oxygen atoms in total. The van der Waals surface area contributed by atoms with Gasteiger partial charge in [0.25, 0.3) is 0 Å². The van der Waals surface area contributed by atoms with Crippen LogP contribution in [0.2, 0.25) is 0 Å². The zero-order chi connectivity index (χ0) is 37.5. The zero-order valence-corrected chi connectivity index (χ0v) is 30.7. The normalized spacial score (nSPS) is 10.9. The lowest BCUT2D eigenvalue weighted by molar-refractivity contribution is 0.101. The number of halogens is 1. The predicted molar refractivity (Wildman–Crippen MR) is 210 cm³/mol. The van der Waals surface area contributed by atoms with Crippen molar-refractivity contribution in [2.75, 3.05) is 0 Å². The summed E-state index contributed by atoms with van der Waals surface area (Å²) in [5.74, 6) is 5.02. The van der Waals surface area contributed by atoms with E-state index < -0.39 is 0 Å². The molecule has 0 aliphatic heterocycles. The molecule has 8 aromatic heterocycles. The fourth-order valence-corrected chi connectivity index (χ4v) is 5.64. The molecule has 0 atom stereocenters. The standard InChI is InChI=1S/C20H17N5O.C20H16N4O.ClH.H3NO/c1-13-5-3-8-19(22-13)20-21-11-16-10-9-15(12-25(16)20)18-7-4-6-17(23-18)14(2)24-26;1-13-5-3-8-19(22-13)20-21-11-16-10-9-15(12-24(16)20)18-7-4-6-17(23-18)14(2)25;;1-2/h3-12,26H,1-2H3;3-12H,1-2H3;1H;2H,1H2/b24-14+;;;. The Balaban J connectivity index is 0.000000195. The van der Waals surface area contributed by atoms with Crippen molar-refractivity contribution < 1.29 is 15.2 Å². The van der Waals surface area contributed by atoms with Gasteiger partial charge in [0.15, 0.2) is 17.4 Å².